The molecule has 0 heterocycles. The number of hydrogen-bond acceptors (Lipinski definition) is 2. The summed E-state index contributed by atoms with van der Waals surface area (Å²) in [6.07, 6.45) is 5.07. The summed E-state index contributed by atoms with van der Waals surface area (Å²) >= 11 is 0. The molecule has 1 aromatic carbocycles. The van der Waals surface area contributed by atoms with Crippen LogP contribution in [0.15, 0.2) is 23.2 Å². The average molecular weight is 403 g/mol. The van der Waals surface area contributed by atoms with E-state index in [4.69, 9.17) is 10.5 Å². The summed E-state index contributed by atoms with van der Waals surface area (Å²) in [7, 11) is 0. The SMILES string of the molecule is CC(C)OCCN=C(N)Nc1cccc2c1CCCC2.I. The van der Waals surface area contributed by atoms with Gasteiger partial charge in [0.15, 0.2) is 5.96 Å². The van der Waals surface area contributed by atoms with Gasteiger partial charge in [-0.25, -0.2) is 0 Å². The maximum Gasteiger partial charge on any atom is 0.193 e. The number of ether oxygens (including phenoxy) is 1. The van der Waals surface area contributed by atoms with E-state index in [0.29, 0.717) is 19.1 Å². The van der Waals surface area contributed by atoms with Gasteiger partial charge in [-0.2, -0.15) is 0 Å². The number of nitrogens with one attached hydrogen (secondary N) is 1. The lowest BCUT2D eigenvalue weighted by atomic mass is 9.90. The number of guanidine groups is 1. The van der Waals surface area contributed by atoms with Crippen molar-refractivity contribution in [2.45, 2.75) is 45.6 Å². The Bertz CT molecular complexity index is 475. The third-order valence-corrected chi connectivity index (χ3v) is 3.48. The van der Waals surface area contributed by atoms with Gasteiger partial charge in [-0.05, 0) is 56.7 Å². The highest BCUT2D eigenvalue weighted by molar-refractivity contribution is 14.0. The highest BCUT2D eigenvalue weighted by Crippen LogP contribution is 2.27. The monoisotopic (exact) mass is 403 g/mol. The van der Waals surface area contributed by atoms with Crippen molar-refractivity contribution in [3.05, 3.63) is 29.3 Å². The standard InChI is InChI=1S/C16H25N3O.HI/c1-12(2)20-11-10-18-16(17)19-15-9-5-7-13-6-3-4-8-14(13)15;/h5,7,9,12H,3-4,6,8,10-11H2,1-2H3,(H3,17,18,19);1H. The Morgan fingerprint density at radius 2 is 2.10 bits per heavy atom. The Morgan fingerprint density at radius 1 is 1.33 bits per heavy atom. The molecule has 0 radical (unpaired) electrons. The summed E-state index contributed by atoms with van der Waals surface area (Å²) in [6.45, 7) is 5.22. The Balaban J connectivity index is 0.00000220. The second kappa shape index (κ2) is 9.25. The molecule has 4 nitrogen and oxygen atoms in total. The number of halogens is 1. The van der Waals surface area contributed by atoms with Gasteiger partial charge < -0.3 is 15.8 Å². The number of fused-ring (bicyclic) bond motifs is 1. The molecule has 0 fully saturated rings. The van der Waals surface area contributed by atoms with E-state index in [1.54, 1.807) is 0 Å². The maximum absolute atomic E-state index is 5.94. The first-order valence-electron chi connectivity index (χ1n) is 7.46. The lowest BCUT2D eigenvalue weighted by Crippen LogP contribution is -2.25. The topological polar surface area (TPSA) is 59.6 Å². The molecular formula is C16H26IN3O. The molecule has 0 unspecified atom stereocenters. The van der Waals surface area contributed by atoms with Crippen molar-refractivity contribution in [2.75, 3.05) is 18.5 Å². The third-order valence-electron chi connectivity index (χ3n) is 3.48. The van der Waals surface area contributed by atoms with Crippen LogP contribution in [0.3, 0.4) is 0 Å². The van der Waals surface area contributed by atoms with Crippen LogP contribution in [0, 0.1) is 0 Å². The molecule has 1 aromatic rings. The van der Waals surface area contributed by atoms with Gasteiger partial charge in [-0.15, -0.1) is 24.0 Å². The van der Waals surface area contributed by atoms with Gasteiger partial charge in [0.1, 0.15) is 0 Å². The fraction of sp³-hybridized carbons (Fsp3) is 0.562. The molecule has 5 heteroatoms. The molecule has 0 amide bonds. The molecule has 3 N–H and O–H groups in total. The van der Waals surface area contributed by atoms with Crippen LogP contribution in [0.2, 0.25) is 0 Å². The van der Waals surface area contributed by atoms with Crippen LogP contribution in [0.1, 0.15) is 37.8 Å². The summed E-state index contributed by atoms with van der Waals surface area (Å²) in [5, 5.41) is 3.23. The predicted molar refractivity (Wildman–Crippen MR) is 99.7 cm³/mol. The van der Waals surface area contributed by atoms with Crippen LogP contribution in [0.4, 0.5) is 5.69 Å². The Labute approximate surface area is 144 Å². The van der Waals surface area contributed by atoms with Crippen LogP contribution in [0.25, 0.3) is 0 Å². The number of hydrogen-bond donors (Lipinski definition) is 2. The van der Waals surface area contributed by atoms with Gasteiger partial charge in [0.05, 0.1) is 19.3 Å². The summed E-state index contributed by atoms with van der Waals surface area (Å²) in [5.41, 5.74) is 9.88. The van der Waals surface area contributed by atoms with Crippen molar-refractivity contribution in [3.8, 4) is 0 Å². The molecule has 0 saturated carbocycles. The first kappa shape index (κ1) is 18.2. The van der Waals surface area contributed by atoms with Crippen molar-refractivity contribution in [2.24, 2.45) is 10.7 Å². The van der Waals surface area contributed by atoms with Crippen LogP contribution < -0.4 is 11.1 Å². The fourth-order valence-electron chi connectivity index (χ4n) is 2.53. The van der Waals surface area contributed by atoms with Crippen LogP contribution in [-0.2, 0) is 17.6 Å². The number of aryl methyl sites for hydroxylation is 1. The van der Waals surface area contributed by atoms with Crippen LogP contribution in [-0.4, -0.2) is 25.2 Å². The van der Waals surface area contributed by atoms with E-state index in [1.807, 2.05) is 13.8 Å². The number of nitrogens with two attached hydrogens (primary N) is 1. The van der Waals surface area contributed by atoms with E-state index in [-0.39, 0.29) is 30.1 Å². The number of rotatable bonds is 5. The second-order valence-corrected chi connectivity index (χ2v) is 5.46. The molecular weight excluding hydrogens is 377 g/mol. The predicted octanol–water partition coefficient (Wildman–Crippen LogP) is 3.34. The number of aliphatic imine (C=N–C) groups is 1. The number of benzene rings is 1. The Hall–Kier alpha value is -0.820. The van der Waals surface area contributed by atoms with E-state index < -0.39 is 0 Å². The molecule has 0 atom stereocenters. The quantitative estimate of drug-likeness (QED) is 0.343. The minimum absolute atomic E-state index is 0. The molecule has 1 aliphatic carbocycles. The van der Waals surface area contributed by atoms with Crippen molar-refractivity contribution >= 4 is 35.6 Å². The molecule has 0 bridgehead atoms. The highest BCUT2D eigenvalue weighted by Gasteiger charge is 2.12. The second-order valence-electron chi connectivity index (χ2n) is 5.46. The van der Waals surface area contributed by atoms with Gasteiger partial charge in [-0.1, -0.05) is 12.1 Å². The molecule has 0 aromatic heterocycles. The molecule has 0 saturated heterocycles. The maximum atomic E-state index is 5.94. The average Bonchev–Trinajstić information content (AvgIpc) is 2.44. The zero-order chi connectivity index (χ0) is 14.4. The zero-order valence-electron chi connectivity index (χ0n) is 12.9. The molecule has 1 aliphatic rings. The number of anilines is 1. The number of nitrogens with zero attached hydrogens (tertiary/aromatic N) is 1. The Morgan fingerprint density at radius 3 is 2.86 bits per heavy atom. The van der Waals surface area contributed by atoms with E-state index in [9.17, 15) is 0 Å². The molecule has 21 heavy (non-hydrogen) atoms. The lowest BCUT2D eigenvalue weighted by molar-refractivity contribution is 0.0853. The molecule has 118 valence electrons. The summed E-state index contributed by atoms with van der Waals surface area (Å²) < 4.78 is 5.44. The molecule has 0 aliphatic heterocycles. The molecule has 2 rings (SSSR count). The molecule has 0 spiro atoms. The first-order valence-corrected chi connectivity index (χ1v) is 7.46. The normalized spacial score (nSPS) is 14.5. The largest absolute Gasteiger partial charge is 0.377 e. The zero-order valence-corrected chi connectivity index (χ0v) is 15.2. The van der Waals surface area contributed by atoms with Gasteiger partial charge in [0.25, 0.3) is 0 Å². The highest BCUT2D eigenvalue weighted by atomic mass is 127. The van der Waals surface area contributed by atoms with E-state index >= 15 is 0 Å². The summed E-state index contributed by atoms with van der Waals surface area (Å²) in [5.74, 6) is 0.469. The Kier molecular flexibility index (Phi) is 8.03. The van der Waals surface area contributed by atoms with E-state index in [1.165, 1.54) is 30.4 Å². The van der Waals surface area contributed by atoms with E-state index in [0.717, 1.165) is 12.1 Å². The minimum atomic E-state index is 0. The lowest BCUT2D eigenvalue weighted by Gasteiger charge is -2.19. The van der Waals surface area contributed by atoms with E-state index in [2.05, 4.69) is 28.5 Å². The van der Waals surface area contributed by atoms with Crippen LogP contribution >= 0.6 is 24.0 Å². The van der Waals surface area contributed by atoms with Gasteiger partial charge >= 0.3 is 0 Å². The van der Waals surface area contributed by atoms with Gasteiger partial charge in [-0.3, -0.25) is 4.99 Å². The third kappa shape index (κ3) is 5.82. The van der Waals surface area contributed by atoms with Crippen molar-refractivity contribution < 1.29 is 4.74 Å². The first-order chi connectivity index (χ1) is 9.66. The van der Waals surface area contributed by atoms with Gasteiger partial charge in [0.2, 0.25) is 0 Å². The summed E-state index contributed by atoms with van der Waals surface area (Å²) in [4.78, 5) is 4.30. The van der Waals surface area contributed by atoms with Crippen LogP contribution in [0.5, 0.6) is 0 Å². The van der Waals surface area contributed by atoms with Crippen molar-refractivity contribution in [1.29, 1.82) is 0 Å². The fourth-order valence-corrected chi connectivity index (χ4v) is 2.53. The van der Waals surface area contributed by atoms with Crippen molar-refractivity contribution in [3.63, 3.8) is 0 Å². The summed E-state index contributed by atoms with van der Waals surface area (Å²) in [6, 6.07) is 6.38. The smallest absolute Gasteiger partial charge is 0.193 e. The van der Waals surface area contributed by atoms with Gasteiger partial charge in [0, 0.05) is 5.69 Å². The minimum Gasteiger partial charge on any atom is -0.377 e. The van der Waals surface area contributed by atoms with Crippen molar-refractivity contribution in [1.82, 2.24) is 0 Å².